The lowest BCUT2D eigenvalue weighted by Crippen LogP contribution is -2.28. The molecule has 8 rings (SSSR count). The predicted molar refractivity (Wildman–Crippen MR) is 204 cm³/mol. The van der Waals surface area contributed by atoms with Crippen LogP contribution in [0.4, 0.5) is 47.3 Å². The minimum atomic E-state index is -6.00. The van der Waals surface area contributed by atoms with Gasteiger partial charge in [0.25, 0.3) is 0 Å². The number of furan rings is 1. The maximum Gasteiger partial charge on any atom is 0.534 e. The number of halogens is 3. The Balaban J connectivity index is 1.34. The lowest BCUT2D eigenvalue weighted by molar-refractivity contribution is -0.0500. The number of benzene rings is 7. The second kappa shape index (κ2) is 13.6. The summed E-state index contributed by atoms with van der Waals surface area (Å²) in [6.45, 7) is 0. The van der Waals surface area contributed by atoms with E-state index in [0.717, 1.165) is 28.2 Å². The summed E-state index contributed by atoms with van der Waals surface area (Å²) < 4.78 is 77.0. The standard InChI is InChI=1S/C43H29F3N2O4S/c44-43(45,46)53(49,50)52-37-28-39-38-27-36(47(32-15-7-2-8-16-32)35-23-21-31(22-24-35)30-13-5-1-6-14-30)25-26-41(38)51-42(39)40(29-37)48(33-17-9-3-10-18-33)34-19-11-4-12-20-34/h1-29H. The maximum atomic E-state index is 13.7. The lowest BCUT2D eigenvalue weighted by Gasteiger charge is -2.26. The number of hydrogen-bond donors (Lipinski definition) is 0. The summed E-state index contributed by atoms with van der Waals surface area (Å²) in [5.41, 5.74) is 1.31. The molecule has 6 nitrogen and oxygen atoms in total. The summed E-state index contributed by atoms with van der Waals surface area (Å²) in [5, 5.41) is 0.896. The van der Waals surface area contributed by atoms with E-state index in [4.69, 9.17) is 8.60 Å². The number of para-hydroxylation sites is 3. The van der Waals surface area contributed by atoms with Gasteiger partial charge >= 0.3 is 15.6 Å². The molecule has 0 unspecified atom stereocenters. The van der Waals surface area contributed by atoms with Crippen LogP contribution in [-0.4, -0.2) is 13.9 Å². The molecule has 10 heteroatoms. The Labute approximate surface area is 303 Å². The van der Waals surface area contributed by atoms with Crippen LogP contribution in [0, 0.1) is 0 Å². The van der Waals surface area contributed by atoms with Crippen LogP contribution < -0.4 is 14.0 Å². The fraction of sp³-hybridized carbons (Fsp3) is 0.0233. The van der Waals surface area contributed by atoms with Crippen LogP contribution in [-0.2, 0) is 10.1 Å². The van der Waals surface area contributed by atoms with Crippen LogP contribution in [0.2, 0.25) is 0 Å². The maximum absolute atomic E-state index is 13.7. The molecular formula is C43H29F3N2O4S. The third-order valence-corrected chi connectivity index (χ3v) is 9.75. The first-order valence-corrected chi connectivity index (χ1v) is 18.0. The van der Waals surface area contributed by atoms with Gasteiger partial charge in [-0.2, -0.15) is 21.6 Å². The topological polar surface area (TPSA) is 63.0 Å². The third-order valence-electron chi connectivity index (χ3n) is 8.77. The van der Waals surface area contributed by atoms with E-state index in [-0.39, 0.29) is 5.69 Å². The zero-order valence-electron chi connectivity index (χ0n) is 27.8. The summed E-state index contributed by atoms with van der Waals surface area (Å²) >= 11 is 0. The van der Waals surface area contributed by atoms with E-state index in [1.165, 1.54) is 12.1 Å². The number of alkyl halides is 3. The first-order valence-electron chi connectivity index (χ1n) is 16.6. The van der Waals surface area contributed by atoms with Crippen molar-refractivity contribution in [3.63, 3.8) is 0 Å². The Morgan fingerprint density at radius 1 is 0.491 bits per heavy atom. The van der Waals surface area contributed by atoms with Gasteiger partial charge in [-0.25, -0.2) is 0 Å². The minimum Gasteiger partial charge on any atom is -0.454 e. The number of rotatable bonds is 9. The molecule has 0 fully saturated rings. The van der Waals surface area contributed by atoms with Gasteiger partial charge in [-0.05, 0) is 83.9 Å². The first kappa shape index (κ1) is 33.6. The van der Waals surface area contributed by atoms with Gasteiger partial charge in [0.15, 0.2) is 5.58 Å². The fourth-order valence-corrected chi connectivity index (χ4v) is 6.83. The van der Waals surface area contributed by atoms with Gasteiger partial charge in [-0.1, -0.05) is 97.1 Å². The number of fused-ring (bicyclic) bond motifs is 3. The first-order chi connectivity index (χ1) is 25.7. The molecule has 0 aliphatic carbocycles. The van der Waals surface area contributed by atoms with E-state index in [1.54, 1.807) is 11.0 Å². The van der Waals surface area contributed by atoms with Crippen LogP contribution in [0.15, 0.2) is 180 Å². The molecule has 53 heavy (non-hydrogen) atoms. The molecule has 7 aromatic carbocycles. The van der Waals surface area contributed by atoms with Crippen molar-refractivity contribution in [3.8, 4) is 16.9 Å². The molecular weight excluding hydrogens is 698 g/mol. The van der Waals surface area contributed by atoms with Crippen LogP contribution in [0.3, 0.4) is 0 Å². The van der Waals surface area contributed by atoms with Crippen molar-refractivity contribution in [2.24, 2.45) is 0 Å². The van der Waals surface area contributed by atoms with E-state index in [2.05, 4.69) is 4.90 Å². The Bertz CT molecular complexity index is 2600. The van der Waals surface area contributed by atoms with Crippen molar-refractivity contribution < 1.29 is 30.2 Å². The van der Waals surface area contributed by atoms with Crippen molar-refractivity contribution in [3.05, 3.63) is 176 Å². The molecule has 0 atom stereocenters. The van der Waals surface area contributed by atoms with Gasteiger partial charge in [-0.15, -0.1) is 0 Å². The average Bonchev–Trinajstić information content (AvgIpc) is 3.54. The molecule has 8 aromatic rings. The highest BCUT2D eigenvalue weighted by molar-refractivity contribution is 7.88. The van der Waals surface area contributed by atoms with Gasteiger partial charge < -0.3 is 18.4 Å². The summed E-state index contributed by atoms with van der Waals surface area (Å²) in [5.74, 6) is -0.522. The van der Waals surface area contributed by atoms with E-state index >= 15 is 0 Å². The van der Waals surface area contributed by atoms with E-state index in [1.807, 2.05) is 158 Å². The van der Waals surface area contributed by atoms with E-state index < -0.39 is 21.4 Å². The fourth-order valence-electron chi connectivity index (χ4n) is 6.39. The number of anilines is 6. The zero-order chi connectivity index (χ0) is 36.6. The highest BCUT2D eigenvalue weighted by atomic mass is 32.2. The van der Waals surface area contributed by atoms with Crippen molar-refractivity contribution >= 4 is 66.2 Å². The van der Waals surface area contributed by atoms with Gasteiger partial charge in [-0.3, -0.25) is 0 Å². The van der Waals surface area contributed by atoms with E-state index in [9.17, 15) is 21.6 Å². The smallest absolute Gasteiger partial charge is 0.454 e. The predicted octanol–water partition coefficient (Wildman–Crippen LogP) is 12.4. The molecule has 262 valence electrons. The zero-order valence-corrected chi connectivity index (χ0v) is 28.6. The molecule has 0 bridgehead atoms. The van der Waals surface area contributed by atoms with Crippen LogP contribution in [0.1, 0.15) is 0 Å². The molecule has 0 aliphatic rings. The normalized spacial score (nSPS) is 11.8. The molecule has 1 heterocycles. The highest BCUT2D eigenvalue weighted by Crippen LogP contribution is 2.46. The molecule has 1 aromatic heterocycles. The van der Waals surface area contributed by atoms with Crippen molar-refractivity contribution in [2.45, 2.75) is 5.51 Å². The number of nitrogens with zero attached hydrogens (tertiary/aromatic N) is 2. The Morgan fingerprint density at radius 2 is 0.962 bits per heavy atom. The van der Waals surface area contributed by atoms with E-state index in [0.29, 0.717) is 33.3 Å². The quantitative estimate of drug-likeness (QED) is 0.109. The third kappa shape index (κ3) is 6.56. The second-order valence-corrected chi connectivity index (χ2v) is 13.7. The summed E-state index contributed by atoms with van der Waals surface area (Å²) in [7, 11) is -6.00. The van der Waals surface area contributed by atoms with Crippen molar-refractivity contribution in [1.29, 1.82) is 0 Å². The van der Waals surface area contributed by atoms with Crippen LogP contribution >= 0.6 is 0 Å². The minimum absolute atomic E-state index is 0.279. The van der Waals surface area contributed by atoms with Gasteiger partial charge in [0.2, 0.25) is 0 Å². The Hall–Kier alpha value is -6.52. The molecule has 0 N–H and O–H groups in total. The van der Waals surface area contributed by atoms with Crippen LogP contribution in [0.5, 0.6) is 5.75 Å². The molecule has 0 radical (unpaired) electrons. The summed E-state index contributed by atoms with van der Waals surface area (Å²) in [4.78, 5) is 3.84. The molecule has 0 saturated heterocycles. The van der Waals surface area contributed by atoms with Crippen LogP contribution in [0.25, 0.3) is 33.1 Å². The van der Waals surface area contributed by atoms with Gasteiger partial charge in [0.1, 0.15) is 11.3 Å². The molecule has 0 saturated carbocycles. The summed E-state index contributed by atoms with van der Waals surface area (Å²) in [6.07, 6.45) is 0. The lowest BCUT2D eigenvalue weighted by atomic mass is 10.0. The van der Waals surface area contributed by atoms with Crippen molar-refractivity contribution in [2.75, 3.05) is 9.80 Å². The Morgan fingerprint density at radius 3 is 1.51 bits per heavy atom. The van der Waals surface area contributed by atoms with Gasteiger partial charge in [0, 0.05) is 45.3 Å². The monoisotopic (exact) mass is 726 g/mol. The highest BCUT2D eigenvalue weighted by Gasteiger charge is 2.48. The average molecular weight is 727 g/mol. The largest absolute Gasteiger partial charge is 0.534 e. The van der Waals surface area contributed by atoms with Crippen molar-refractivity contribution in [1.82, 2.24) is 0 Å². The molecule has 0 spiro atoms. The van der Waals surface area contributed by atoms with Gasteiger partial charge in [0.05, 0.1) is 5.69 Å². The molecule has 0 amide bonds. The Kier molecular flexibility index (Phi) is 8.60. The second-order valence-electron chi connectivity index (χ2n) is 12.2. The SMILES string of the molecule is O=S(=O)(Oc1cc(N(c2ccccc2)c2ccccc2)c2oc3ccc(N(c4ccccc4)c4ccc(-c5ccccc5)cc4)cc3c2c1)C(F)(F)F. The summed E-state index contributed by atoms with van der Waals surface area (Å²) in [6, 6.07) is 54.4. The number of hydrogen-bond acceptors (Lipinski definition) is 6. The molecule has 0 aliphatic heterocycles.